The number of hydrogen-bond donors (Lipinski definition) is 1. The molecule has 0 aliphatic rings. The van der Waals surface area contributed by atoms with Gasteiger partial charge in [0, 0.05) is 35.9 Å². The van der Waals surface area contributed by atoms with Gasteiger partial charge in [-0.3, -0.25) is 4.98 Å². The Labute approximate surface area is 166 Å². The molecule has 140 valence electrons. The molecule has 4 aromatic heterocycles. The average molecular weight is 379 g/mol. The number of pyridine rings is 2. The summed E-state index contributed by atoms with van der Waals surface area (Å²) in [5.74, 6) is 0.967. The molecule has 0 unspecified atom stereocenters. The summed E-state index contributed by atoms with van der Waals surface area (Å²) >= 11 is 0. The third kappa shape index (κ3) is 3.19. The van der Waals surface area contributed by atoms with Gasteiger partial charge in [-0.2, -0.15) is 5.10 Å². The summed E-state index contributed by atoms with van der Waals surface area (Å²) in [7, 11) is 0. The molecule has 0 amide bonds. The molecule has 0 spiro atoms. The topological polar surface area (TPSA) is 95.4 Å². The first-order valence-electron chi connectivity index (χ1n) is 9.17. The van der Waals surface area contributed by atoms with Crippen LogP contribution in [0.25, 0.3) is 33.5 Å². The Hall–Kier alpha value is -4.13. The zero-order valence-corrected chi connectivity index (χ0v) is 15.5. The summed E-state index contributed by atoms with van der Waals surface area (Å²) in [5.41, 5.74) is 10.7. The number of fused-ring (bicyclic) bond motifs is 1. The minimum absolute atomic E-state index is 0.419. The lowest BCUT2D eigenvalue weighted by Crippen LogP contribution is -2.02. The van der Waals surface area contributed by atoms with Gasteiger partial charge in [-0.1, -0.05) is 30.3 Å². The van der Waals surface area contributed by atoms with Gasteiger partial charge in [0.15, 0.2) is 11.5 Å². The van der Waals surface area contributed by atoms with E-state index in [1.807, 2.05) is 41.1 Å². The van der Waals surface area contributed by atoms with Crippen molar-refractivity contribution >= 4 is 16.9 Å². The molecule has 7 heteroatoms. The first-order valence-corrected chi connectivity index (χ1v) is 9.17. The van der Waals surface area contributed by atoms with Gasteiger partial charge in [-0.15, -0.1) is 0 Å². The third-order valence-electron chi connectivity index (χ3n) is 4.77. The van der Waals surface area contributed by atoms with Gasteiger partial charge in [-0.25, -0.2) is 19.6 Å². The normalized spacial score (nSPS) is 11.0. The molecule has 0 fully saturated rings. The quantitative estimate of drug-likeness (QED) is 0.513. The van der Waals surface area contributed by atoms with Crippen molar-refractivity contribution in [1.29, 1.82) is 0 Å². The van der Waals surface area contributed by atoms with E-state index in [4.69, 9.17) is 5.73 Å². The maximum absolute atomic E-state index is 6.23. The van der Waals surface area contributed by atoms with Crippen molar-refractivity contribution in [3.8, 4) is 22.5 Å². The maximum Gasteiger partial charge on any atom is 0.162 e. The highest BCUT2D eigenvalue weighted by Gasteiger charge is 2.14. The van der Waals surface area contributed by atoms with Crippen LogP contribution in [0.1, 0.15) is 5.56 Å². The Bertz CT molecular complexity index is 1280. The molecule has 0 radical (unpaired) electrons. The molecule has 0 saturated carbocycles. The highest BCUT2D eigenvalue weighted by Crippen LogP contribution is 2.29. The Morgan fingerprint density at radius 3 is 2.45 bits per heavy atom. The predicted molar refractivity (Wildman–Crippen MR) is 112 cm³/mol. The van der Waals surface area contributed by atoms with Crippen LogP contribution < -0.4 is 5.73 Å². The first-order chi connectivity index (χ1) is 14.3. The van der Waals surface area contributed by atoms with Crippen LogP contribution >= 0.6 is 0 Å². The van der Waals surface area contributed by atoms with Gasteiger partial charge in [-0.05, 0) is 29.3 Å². The molecule has 1 aromatic carbocycles. The van der Waals surface area contributed by atoms with E-state index in [0.29, 0.717) is 18.2 Å². The Morgan fingerprint density at radius 2 is 1.66 bits per heavy atom. The second-order valence-corrected chi connectivity index (χ2v) is 6.61. The van der Waals surface area contributed by atoms with Crippen LogP contribution in [0.3, 0.4) is 0 Å². The zero-order valence-electron chi connectivity index (χ0n) is 15.5. The lowest BCUT2D eigenvalue weighted by atomic mass is 10.1. The standard InChI is InChI=1S/C22H17N7/c23-20-18(16-6-9-24-10-7-16)12-26-21(28-20)17-8-11-25-22-19(17)13-27-29(22)14-15-4-2-1-3-5-15/h1-13H,14H2,(H2,23,26,28). The van der Waals surface area contributed by atoms with Gasteiger partial charge in [0.05, 0.1) is 18.1 Å². The summed E-state index contributed by atoms with van der Waals surface area (Å²) in [5, 5.41) is 5.41. The molecule has 0 aliphatic carbocycles. The summed E-state index contributed by atoms with van der Waals surface area (Å²) in [4.78, 5) is 17.6. The van der Waals surface area contributed by atoms with E-state index in [1.54, 1.807) is 31.0 Å². The molecule has 0 aliphatic heterocycles. The van der Waals surface area contributed by atoms with E-state index in [-0.39, 0.29) is 0 Å². The summed E-state index contributed by atoms with van der Waals surface area (Å²) in [6.07, 6.45) is 8.73. The molecular formula is C22H17N7. The van der Waals surface area contributed by atoms with E-state index in [2.05, 4.69) is 37.2 Å². The molecule has 5 aromatic rings. The van der Waals surface area contributed by atoms with Gasteiger partial charge in [0.2, 0.25) is 0 Å². The number of benzene rings is 1. The summed E-state index contributed by atoms with van der Waals surface area (Å²) in [6.45, 7) is 0.644. The number of anilines is 1. The van der Waals surface area contributed by atoms with E-state index in [1.165, 1.54) is 0 Å². The fraction of sp³-hybridized carbons (Fsp3) is 0.0455. The fourth-order valence-corrected chi connectivity index (χ4v) is 3.32. The van der Waals surface area contributed by atoms with Crippen LogP contribution in [0.4, 0.5) is 5.82 Å². The van der Waals surface area contributed by atoms with Gasteiger partial charge in [0.25, 0.3) is 0 Å². The highest BCUT2D eigenvalue weighted by atomic mass is 15.3. The number of nitrogens with zero attached hydrogens (tertiary/aromatic N) is 6. The number of nitrogens with two attached hydrogens (primary N) is 1. The zero-order chi connectivity index (χ0) is 19.6. The average Bonchev–Trinajstić information content (AvgIpc) is 3.18. The fourth-order valence-electron chi connectivity index (χ4n) is 3.32. The Kier molecular flexibility index (Phi) is 4.18. The summed E-state index contributed by atoms with van der Waals surface area (Å²) < 4.78 is 1.88. The van der Waals surface area contributed by atoms with Crippen molar-refractivity contribution in [1.82, 2.24) is 29.7 Å². The maximum atomic E-state index is 6.23. The molecule has 0 atom stereocenters. The lowest BCUT2D eigenvalue weighted by Gasteiger charge is -2.08. The van der Waals surface area contributed by atoms with Crippen LogP contribution in [-0.4, -0.2) is 29.7 Å². The van der Waals surface area contributed by atoms with Crippen molar-refractivity contribution in [3.05, 3.63) is 85.1 Å². The Morgan fingerprint density at radius 1 is 0.828 bits per heavy atom. The van der Waals surface area contributed by atoms with Crippen LogP contribution in [-0.2, 0) is 6.54 Å². The second-order valence-electron chi connectivity index (χ2n) is 6.61. The molecule has 0 bridgehead atoms. The second kappa shape index (κ2) is 7.12. The number of aromatic nitrogens is 6. The SMILES string of the molecule is Nc1nc(-c2ccnc3c2cnn3Cc2ccccc2)ncc1-c1ccncc1. The van der Waals surface area contributed by atoms with Gasteiger partial charge < -0.3 is 5.73 Å². The largest absolute Gasteiger partial charge is 0.383 e. The molecular weight excluding hydrogens is 362 g/mol. The van der Waals surface area contributed by atoms with E-state index in [9.17, 15) is 0 Å². The third-order valence-corrected chi connectivity index (χ3v) is 4.77. The van der Waals surface area contributed by atoms with Crippen LogP contribution in [0.15, 0.2) is 79.5 Å². The molecule has 5 rings (SSSR count). The van der Waals surface area contributed by atoms with E-state index >= 15 is 0 Å². The van der Waals surface area contributed by atoms with Gasteiger partial charge >= 0.3 is 0 Å². The molecule has 7 nitrogen and oxygen atoms in total. The minimum Gasteiger partial charge on any atom is -0.383 e. The van der Waals surface area contributed by atoms with Crippen molar-refractivity contribution in [3.63, 3.8) is 0 Å². The predicted octanol–water partition coefficient (Wildman–Crippen LogP) is 3.58. The summed E-state index contributed by atoms with van der Waals surface area (Å²) in [6, 6.07) is 15.8. The van der Waals surface area contributed by atoms with Gasteiger partial charge in [0.1, 0.15) is 5.82 Å². The number of rotatable bonds is 4. The monoisotopic (exact) mass is 379 g/mol. The van der Waals surface area contributed by atoms with Crippen molar-refractivity contribution in [2.24, 2.45) is 0 Å². The van der Waals surface area contributed by atoms with E-state index < -0.39 is 0 Å². The van der Waals surface area contributed by atoms with Crippen molar-refractivity contribution in [2.75, 3.05) is 5.73 Å². The lowest BCUT2D eigenvalue weighted by molar-refractivity contribution is 0.704. The molecule has 29 heavy (non-hydrogen) atoms. The van der Waals surface area contributed by atoms with Crippen molar-refractivity contribution < 1.29 is 0 Å². The van der Waals surface area contributed by atoms with Crippen molar-refractivity contribution in [2.45, 2.75) is 6.54 Å². The highest BCUT2D eigenvalue weighted by molar-refractivity contribution is 5.91. The number of nitrogen functional groups attached to an aromatic ring is 1. The van der Waals surface area contributed by atoms with Crippen LogP contribution in [0.5, 0.6) is 0 Å². The van der Waals surface area contributed by atoms with Crippen LogP contribution in [0.2, 0.25) is 0 Å². The first kappa shape index (κ1) is 17.0. The smallest absolute Gasteiger partial charge is 0.162 e. The molecule has 4 heterocycles. The molecule has 0 saturated heterocycles. The molecule has 2 N–H and O–H groups in total. The van der Waals surface area contributed by atoms with E-state index in [0.717, 1.165) is 33.3 Å². The van der Waals surface area contributed by atoms with Crippen LogP contribution in [0, 0.1) is 0 Å². The Balaban J connectivity index is 1.55. The minimum atomic E-state index is 0.419. The number of hydrogen-bond acceptors (Lipinski definition) is 6.